The standard InChI is InChI=1S/C26H27BrN4O2/c1-17-3-5-19(6-4-17)16-33-23-13-9-21(10-14-23)24-15-25(30-29-24)26(32)31-28-18(2)20-7-11-22(27)12-8-20/h3-14,24-25,29-30H,15-16H2,1-2H3,(H,31,32)/b28-18-. The van der Waals surface area contributed by atoms with Crippen molar-refractivity contribution >= 4 is 27.5 Å². The summed E-state index contributed by atoms with van der Waals surface area (Å²) >= 11 is 3.42. The van der Waals surface area contributed by atoms with Crippen LogP contribution in [0.25, 0.3) is 0 Å². The van der Waals surface area contributed by atoms with E-state index in [0.29, 0.717) is 13.0 Å². The minimum Gasteiger partial charge on any atom is -0.489 e. The van der Waals surface area contributed by atoms with Crippen molar-refractivity contribution in [3.63, 3.8) is 0 Å². The molecule has 1 amide bonds. The number of carbonyl (C=O) groups is 1. The number of hydrogen-bond donors (Lipinski definition) is 3. The van der Waals surface area contributed by atoms with E-state index >= 15 is 0 Å². The average molecular weight is 507 g/mol. The second kappa shape index (κ2) is 10.7. The molecule has 1 aliphatic rings. The van der Waals surface area contributed by atoms with E-state index in [4.69, 9.17) is 4.74 Å². The Balaban J connectivity index is 1.28. The Labute approximate surface area is 202 Å². The number of nitrogens with one attached hydrogen (secondary N) is 3. The number of hydrogen-bond acceptors (Lipinski definition) is 5. The zero-order chi connectivity index (χ0) is 23.2. The van der Waals surface area contributed by atoms with Gasteiger partial charge in [0.25, 0.3) is 5.91 Å². The predicted octanol–water partition coefficient (Wildman–Crippen LogP) is 4.78. The molecule has 0 spiro atoms. The van der Waals surface area contributed by atoms with Crippen LogP contribution in [0.15, 0.2) is 82.4 Å². The highest BCUT2D eigenvalue weighted by molar-refractivity contribution is 9.10. The molecule has 4 rings (SSSR count). The van der Waals surface area contributed by atoms with Crippen LogP contribution in [0.2, 0.25) is 0 Å². The smallest absolute Gasteiger partial charge is 0.258 e. The summed E-state index contributed by atoms with van der Waals surface area (Å²) in [6, 6.07) is 23.8. The van der Waals surface area contributed by atoms with Crippen LogP contribution >= 0.6 is 15.9 Å². The van der Waals surface area contributed by atoms with E-state index in [1.807, 2.05) is 55.5 Å². The lowest BCUT2D eigenvalue weighted by molar-refractivity contribution is -0.122. The van der Waals surface area contributed by atoms with Gasteiger partial charge in [0, 0.05) is 10.5 Å². The van der Waals surface area contributed by atoms with Crippen LogP contribution < -0.4 is 21.0 Å². The van der Waals surface area contributed by atoms with Crippen LogP contribution in [0.1, 0.15) is 41.6 Å². The van der Waals surface area contributed by atoms with Crippen molar-refractivity contribution < 1.29 is 9.53 Å². The SMILES string of the molecule is C/C(=N/NC(=O)C1CC(c2ccc(OCc3ccc(C)cc3)cc2)NN1)c1ccc(Br)cc1. The summed E-state index contributed by atoms with van der Waals surface area (Å²) in [6.07, 6.45) is 0.627. The second-order valence-corrected chi connectivity index (χ2v) is 9.07. The molecule has 33 heavy (non-hydrogen) atoms. The zero-order valence-electron chi connectivity index (χ0n) is 18.6. The van der Waals surface area contributed by atoms with Crippen LogP contribution in [-0.2, 0) is 11.4 Å². The number of nitrogens with zero attached hydrogens (tertiary/aromatic N) is 1. The normalized spacial score (nSPS) is 18.2. The first-order chi connectivity index (χ1) is 16.0. The van der Waals surface area contributed by atoms with Gasteiger partial charge in [0.05, 0.1) is 5.71 Å². The van der Waals surface area contributed by atoms with Gasteiger partial charge in [-0.25, -0.2) is 16.3 Å². The van der Waals surface area contributed by atoms with Crippen LogP contribution in [0.5, 0.6) is 5.75 Å². The lowest BCUT2D eigenvalue weighted by atomic mass is 10.0. The molecule has 2 unspecified atom stereocenters. The lowest BCUT2D eigenvalue weighted by Gasteiger charge is -2.11. The maximum Gasteiger partial charge on any atom is 0.258 e. The molecule has 6 nitrogen and oxygen atoms in total. The molecular formula is C26H27BrN4O2. The zero-order valence-corrected chi connectivity index (χ0v) is 20.2. The fourth-order valence-corrected chi connectivity index (χ4v) is 3.83. The number of carbonyl (C=O) groups excluding carboxylic acids is 1. The van der Waals surface area contributed by atoms with Crippen molar-refractivity contribution in [1.29, 1.82) is 0 Å². The van der Waals surface area contributed by atoms with Gasteiger partial charge in [0.15, 0.2) is 0 Å². The van der Waals surface area contributed by atoms with Crippen LogP contribution in [0, 0.1) is 6.92 Å². The predicted molar refractivity (Wildman–Crippen MR) is 134 cm³/mol. The quantitative estimate of drug-likeness (QED) is 0.318. The maximum absolute atomic E-state index is 12.6. The highest BCUT2D eigenvalue weighted by Gasteiger charge is 2.30. The molecule has 1 fully saturated rings. The Bertz CT molecular complexity index is 1110. The molecule has 0 radical (unpaired) electrons. The number of hydrazine groups is 1. The molecule has 0 saturated carbocycles. The molecule has 3 N–H and O–H groups in total. The number of halogens is 1. The van der Waals surface area contributed by atoms with E-state index in [-0.39, 0.29) is 18.0 Å². The Morgan fingerprint density at radius 3 is 2.42 bits per heavy atom. The van der Waals surface area contributed by atoms with Gasteiger partial charge < -0.3 is 4.74 Å². The molecule has 3 aromatic carbocycles. The first-order valence-electron chi connectivity index (χ1n) is 10.9. The summed E-state index contributed by atoms with van der Waals surface area (Å²) in [5.41, 5.74) is 14.1. The van der Waals surface area contributed by atoms with E-state index in [1.54, 1.807) is 0 Å². The Morgan fingerprint density at radius 1 is 1.03 bits per heavy atom. The number of hydrazone groups is 1. The first-order valence-corrected chi connectivity index (χ1v) is 11.7. The van der Waals surface area contributed by atoms with E-state index in [9.17, 15) is 4.79 Å². The molecule has 1 heterocycles. The molecule has 170 valence electrons. The fourth-order valence-electron chi connectivity index (χ4n) is 3.57. The van der Waals surface area contributed by atoms with E-state index in [0.717, 1.165) is 32.6 Å². The monoisotopic (exact) mass is 506 g/mol. The van der Waals surface area contributed by atoms with E-state index < -0.39 is 0 Å². The largest absolute Gasteiger partial charge is 0.489 e. The van der Waals surface area contributed by atoms with Crippen LogP contribution in [0.3, 0.4) is 0 Å². The number of amides is 1. The fraction of sp³-hybridized carbons (Fsp3) is 0.231. The molecule has 1 saturated heterocycles. The van der Waals surface area contributed by atoms with Gasteiger partial charge in [-0.3, -0.25) is 4.79 Å². The Hall–Kier alpha value is -3.00. The van der Waals surface area contributed by atoms with Gasteiger partial charge in [0.1, 0.15) is 18.4 Å². The second-order valence-electron chi connectivity index (χ2n) is 8.15. The lowest BCUT2D eigenvalue weighted by Crippen LogP contribution is -2.41. The van der Waals surface area contributed by atoms with Gasteiger partial charge in [-0.1, -0.05) is 70.0 Å². The van der Waals surface area contributed by atoms with Crippen LogP contribution in [-0.4, -0.2) is 17.7 Å². The molecule has 3 aromatic rings. The molecule has 0 bridgehead atoms. The summed E-state index contributed by atoms with van der Waals surface area (Å²) in [5, 5.41) is 4.25. The first kappa shape index (κ1) is 23.2. The molecular weight excluding hydrogens is 480 g/mol. The highest BCUT2D eigenvalue weighted by atomic mass is 79.9. The van der Waals surface area contributed by atoms with Gasteiger partial charge >= 0.3 is 0 Å². The summed E-state index contributed by atoms with van der Waals surface area (Å²) < 4.78 is 6.89. The molecule has 0 aliphatic carbocycles. The number of benzene rings is 3. The van der Waals surface area contributed by atoms with Gasteiger partial charge in [-0.2, -0.15) is 5.10 Å². The number of rotatable bonds is 7. The van der Waals surface area contributed by atoms with Gasteiger partial charge in [-0.05, 0) is 61.2 Å². The van der Waals surface area contributed by atoms with Crippen molar-refractivity contribution in [2.45, 2.75) is 39.0 Å². The van der Waals surface area contributed by atoms with Crippen molar-refractivity contribution in [2.75, 3.05) is 0 Å². The summed E-state index contributed by atoms with van der Waals surface area (Å²) in [4.78, 5) is 12.6. The summed E-state index contributed by atoms with van der Waals surface area (Å²) in [6.45, 7) is 4.47. The maximum atomic E-state index is 12.6. The molecule has 1 aliphatic heterocycles. The van der Waals surface area contributed by atoms with E-state index in [2.05, 4.69) is 68.5 Å². The van der Waals surface area contributed by atoms with Crippen molar-refractivity contribution in [3.8, 4) is 5.75 Å². The molecule has 2 atom stereocenters. The Kier molecular flexibility index (Phi) is 7.54. The van der Waals surface area contributed by atoms with Crippen molar-refractivity contribution in [2.24, 2.45) is 5.10 Å². The van der Waals surface area contributed by atoms with Gasteiger partial charge in [-0.15, -0.1) is 0 Å². The van der Waals surface area contributed by atoms with Crippen molar-refractivity contribution in [3.05, 3.63) is 99.5 Å². The average Bonchev–Trinajstić information content (AvgIpc) is 3.33. The molecule has 7 heteroatoms. The van der Waals surface area contributed by atoms with E-state index in [1.165, 1.54) is 5.56 Å². The topological polar surface area (TPSA) is 74.8 Å². The minimum atomic E-state index is -0.367. The number of aryl methyl sites for hydroxylation is 1. The number of ether oxygens (including phenoxy) is 1. The summed E-state index contributed by atoms with van der Waals surface area (Å²) in [7, 11) is 0. The van der Waals surface area contributed by atoms with Crippen LogP contribution in [0.4, 0.5) is 0 Å². The highest BCUT2D eigenvalue weighted by Crippen LogP contribution is 2.25. The Morgan fingerprint density at radius 2 is 1.73 bits per heavy atom. The molecule has 0 aromatic heterocycles. The third-order valence-electron chi connectivity index (χ3n) is 5.62. The third kappa shape index (κ3) is 6.28. The third-order valence-corrected chi connectivity index (χ3v) is 6.15. The van der Waals surface area contributed by atoms with Gasteiger partial charge in [0.2, 0.25) is 0 Å². The van der Waals surface area contributed by atoms with Crippen molar-refractivity contribution in [1.82, 2.24) is 16.3 Å². The minimum absolute atomic E-state index is 0.0310. The summed E-state index contributed by atoms with van der Waals surface area (Å²) in [5.74, 6) is 0.650.